The van der Waals surface area contributed by atoms with E-state index in [9.17, 15) is 4.79 Å². The highest BCUT2D eigenvalue weighted by atomic mass is 16.5. The van der Waals surface area contributed by atoms with Crippen molar-refractivity contribution in [3.05, 3.63) is 66.1 Å². The van der Waals surface area contributed by atoms with Gasteiger partial charge in [0.1, 0.15) is 0 Å². The lowest BCUT2D eigenvalue weighted by atomic mass is 10.2. The highest BCUT2D eigenvalue weighted by Gasteiger charge is 2.14. The summed E-state index contributed by atoms with van der Waals surface area (Å²) in [6.45, 7) is 0. The maximum atomic E-state index is 12.1. The fraction of sp³-hybridized carbons (Fsp3) is 0. The molecule has 0 aliphatic heterocycles. The standard InChI is InChI=1S/C16H10N4O2/c17-9-11-3-1-5-13(7-11)19-16(21)14-8-15(22-20-14)12-4-2-6-18-10-12/h1-8,10H,(H,19,21). The van der Waals surface area contributed by atoms with Gasteiger partial charge in [0.2, 0.25) is 0 Å². The number of pyridine rings is 1. The Balaban J connectivity index is 1.79. The van der Waals surface area contributed by atoms with Crippen LogP contribution in [-0.2, 0) is 0 Å². The molecule has 106 valence electrons. The summed E-state index contributed by atoms with van der Waals surface area (Å²) in [5.41, 5.74) is 1.88. The largest absolute Gasteiger partial charge is 0.355 e. The van der Waals surface area contributed by atoms with E-state index in [-0.39, 0.29) is 5.69 Å². The van der Waals surface area contributed by atoms with Crippen molar-refractivity contribution in [3.63, 3.8) is 0 Å². The lowest BCUT2D eigenvalue weighted by molar-refractivity contribution is 0.101. The zero-order chi connectivity index (χ0) is 15.4. The van der Waals surface area contributed by atoms with Crippen molar-refractivity contribution in [1.29, 1.82) is 5.26 Å². The molecule has 0 atom stereocenters. The number of nitriles is 1. The third-order valence-corrected chi connectivity index (χ3v) is 2.94. The summed E-state index contributed by atoms with van der Waals surface area (Å²) in [5, 5.41) is 15.3. The van der Waals surface area contributed by atoms with E-state index in [2.05, 4.69) is 15.5 Å². The third kappa shape index (κ3) is 2.83. The number of amides is 1. The number of carbonyl (C=O) groups is 1. The molecular formula is C16H10N4O2. The molecule has 2 aromatic heterocycles. The van der Waals surface area contributed by atoms with Gasteiger partial charge in [-0.15, -0.1) is 0 Å². The van der Waals surface area contributed by atoms with Crippen molar-refractivity contribution in [1.82, 2.24) is 10.1 Å². The van der Waals surface area contributed by atoms with Crippen LogP contribution in [0.4, 0.5) is 5.69 Å². The molecule has 2 heterocycles. The Labute approximate surface area is 126 Å². The van der Waals surface area contributed by atoms with Crippen LogP contribution in [0, 0.1) is 11.3 Å². The van der Waals surface area contributed by atoms with Crippen LogP contribution >= 0.6 is 0 Å². The zero-order valence-corrected chi connectivity index (χ0v) is 11.4. The van der Waals surface area contributed by atoms with Crippen LogP contribution < -0.4 is 5.32 Å². The SMILES string of the molecule is N#Cc1cccc(NC(=O)c2cc(-c3cccnc3)on2)c1. The molecular weight excluding hydrogens is 280 g/mol. The molecule has 0 bridgehead atoms. The normalized spacial score (nSPS) is 9.95. The second kappa shape index (κ2) is 5.89. The first kappa shape index (κ1) is 13.5. The van der Waals surface area contributed by atoms with Gasteiger partial charge in [-0.25, -0.2) is 0 Å². The van der Waals surface area contributed by atoms with Crippen LogP contribution in [0.25, 0.3) is 11.3 Å². The molecule has 0 spiro atoms. The van der Waals surface area contributed by atoms with Gasteiger partial charge in [0.25, 0.3) is 5.91 Å². The first-order valence-corrected chi connectivity index (χ1v) is 6.45. The topological polar surface area (TPSA) is 91.8 Å². The highest BCUT2D eigenvalue weighted by Crippen LogP contribution is 2.19. The summed E-state index contributed by atoms with van der Waals surface area (Å²) in [4.78, 5) is 16.1. The van der Waals surface area contributed by atoms with Crippen LogP contribution in [0.2, 0.25) is 0 Å². The minimum absolute atomic E-state index is 0.154. The van der Waals surface area contributed by atoms with Gasteiger partial charge in [0.05, 0.1) is 11.6 Å². The second-order valence-corrected chi connectivity index (χ2v) is 4.46. The number of carbonyl (C=O) groups excluding carboxylic acids is 1. The van der Waals surface area contributed by atoms with Gasteiger partial charge in [-0.1, -0.05) is 11.2 Å². The van der Waals surface area contributed by atoms with Crippen LogP contribution in [0.15, 0.2) is 59.4 Å². The number of nitrogens with one attached hydrogen (secondary N) is 1. The molecule has 6 heteroatoms. The number of rotatable bonds is 3. The lowest BCUT2D eigenvalue weighted by Gasteiger charge is -2.02. The highest BCUT2D eigenvalue weighted by molar-refractivity contribution is 6.03. The molecule has 3 rings (SSSR count). The van der Waals surface area contributed by atoms with Crippen molar-refractivity contribution >= 4 is 11.6 Å². The Morgan fingerprint density at radius 3 is 2.91 bits per heavy atom. The fourth-order valence-electron chi connectivity index (χ4n) is 1.89. The Hall–Kier alpha value is -3.46. The summed E-state index contributed by atoms with van der Waals surface area (Å²) in [7, 11) is 0. The van der Waals surface area contributed by atoms with Crippen LogP contribution in [-0.4, -0.2) is 16.0 Å². The van der Waals surface area contributed by atoms with Crippen molar-refractivity contribution in [2.75, 3.05) is 5.32 Å². The Morgan fingerprint density at radius 1 is 1.23 bits per heavy atom. The van der Waals surface area contributed by atoms with Gasteiger partial charge in [0, 0.05) is 29.7 Å². The summed E-state index contributed by atoms with van der Waals surface area (Å²) >= 11 is 0. The maximum Gasteiger partial charge on any atom is 0.277 e. The number of benzene rings is 1. The monoisotopic (exact) mass is 290 g/mol. The molecule has 0 aliphatic rings. The summed E-state index contributed by atoms with van der Waals surface area (Å²) < 4.78 is 5.15. The average molecular weight is 290 g/mol. The van der Waals surface area contributed by atoms with E-state index in [1.807, 2.05) is 12.1 Å². The van der Waals surface area contributed by atoms with E-state index in [4.69, 9.17) is 9.78 Å². The Bertz CT molecular complexity index is 850. The second-order valence-electron chi connectivity index (χ2n) is 4.46. The maximum absolute atomic E-state index is 12.1. The van der Waals surface area contributed by atoms with Crippen LogP contribution in [0.1, 0.15) is 16.1 Å². The molecule has 3 aromatic rings. The first-order valence-electron chi connectivity index (χ1n) is 6.45. The summed E-state index contributed by atoms with van der Waals surface area (Å²) in [5.74, 6) is 0.0537. The molecule has 0 unspecified atom stereocenters. The molecule has 0 fully saturated rings. The first-order chi connectivity index (χ1) is 10.8. The smallest absolute Gasteiger partial charge is 0.277 e. The number of aromatic nitrogens is 2. The van der Waals surface area contributed by atoms with Crippen molar-refractivity contribution in [2.45, 2.75) is 0 Å². The van der Waals surface area contributed by atoms with E-state index < -0.39 is 5.91 Å². The molecule has 1 amide bonds. The molecule has 22 heavy (non-hydrogen) atoms. The molecule has 0 saturated heterocycles. The molecule has 0 aliphatic carbocycles. The minimum Gasteiger partial charge on any atom is -0.355 e. The van der Waals surface area contributed by atoms with E-state index in [1.165, 1.54) is 0 Å². The third-order valence-electron chi connectivity index (χ3n) is 2.94. The number of anilines is 1. The molecule has 1 N–H and O–H groups in total. The van der Waals surface area contributed by atoms with Gasteiger partial charge in [-0.2, -0.15) is 5.26 Å². The van der Waals surface area contributed by atoms with Gasteiger partial charge < -0.3 is 9.84 Å². The average Bonchev–Trinajstić information content (AvgIpc) is 3.06. The quantitative estimate of drug-likeness (QED) is 0.800. The van der Waals surface area contributed by atoms with Gasteiger partial charge >= 0.3 is 0 Å². The van der Waals surface area contributed by atoms with Crippen LogP contribution in [0.3, 0.4) is 0 Å². The minimum atomic E-state index is -0.408. The molecule has 0 radical (unpaired) electrons. The zero-order valence-electron chi connectivity index (χ0n) is 11.4. The lowest BCUT2D eigenvalue weighted by Crippen LogP contribution is -2.12. The van der Waals surface area contributed by atoms with Gasteiger partial charge in [0.15, 0.2) is 11.5 Å². The number of hydrogen-bond acceptors (Lipinski definition) is 5. The fourth-order valence-corrected chi connectivity index (χ4v) is 1.89. The van der Waals surface area contributed by atoms with Crippen molar-refractivity contribution in [2.24, 2.45) is 0 Å². The van der Waals surface area contributed by atoms with Crippen molar-refractivity contribution < 1.29 is 9.32 Å². The van der Waals surface area contributed by atoms with E-state index in [1.54, 1.807) is 48.8 Å². The van der Waals surface area contributed by atoms with E-state index in [0.717, 1.165) is 5.56 Å². The molecule has 0 saturated carbocycles. The number of nitrogens with zero attached hydrogens (tertiary/aromatic N) is 3. The van der Waals surface area contributed by atoms with Crippen LogP contribution in [0.5, 0.6) is 0 Å². The predicted octanol–water partition coefficient (Wildman–Crippen LogP) is 2.86. The molecule has 6 nitrogen and oxygen atoms in total. The summed E-state index contributed by atoms with van der Waals surface area (Å²) in [6.07, 6.45) is 3.27. The Kier molecular flexibility index (Phi) is 3.62. The summed E-state index contributed by atoms with van der Waals surface area (Å²) in [6, 6.07) is 13.8. The van der Waals surface area contributed by atoms with Gasteiger partial charge in [-0.3, -0.25) is 9.78 Å². The van der Waals surface area contributed by atoms with E-state index >= 15 is 0 Å². The molecule has 1 aromatic carbocycles. The van der Waals surface area contributed by atoms with Gasteiger partial charge in [-0.05, 0) is 30.3 Å². The Morgan fingerprint density at radius 2 is 2.14 bits per heavy atom. The van der Waals surface area contributed by atoms with Crippen molar-refractivity contribution in [3.8, 4) is 17.4 Å². The number of hydrogen-bond donors (Lipinski definition) is 1. The van der Waals surface area contributed by atoms with E-state index in [0.29, 0.717) is 17.0 Å². The predicted molar refractivity (Wildman–Crippen MR) is 78.8 cm³/mol.